The summed E-state index contributed by atoms with van der Waals surface area (Å²) < 4.78 is 5.55. The van der Waals surface area contributed by atoms with Gasteiger partial charge in [-0.2, -0.15) is 0 Å². The monoisotopic (exact) mass is 286 g/mol. The summed E-state index contributed by atoms with van der Waals surface area (Å²) in [5.41, 5.74) is 1.94. The van der Waals surface area contributed by atoms with Gasteiger partial charge in [0.05, 0.1) is 21.7 Å². The maximum absolute atomic E-state index is 11.1. The first-order chi connectivity index (χ1) is 10.0. The first-order valence-corrected chi connectivity index (χ1v) is 6.31. The van der Waals surface area contributed by atoms with Gasteiger partial charge in [-0.05, 0) is 26.0 Å². The van der Waals surface area contributed by atoms with E-state index < -0.39 is 4.92 Å². The summed E-state index contributed by atoms with van der Waals surface area (Å²) in [4.78, 5) is 25.7. The summed E-state index contributed by atoms with van der Waals surface area (Å²) in [7, 11) is 0. The second kappa shape index (κ2) is 6.13. The van der Waals surface area contributed by atoms with Crippen molar-refractivity contribution in [1.29, 1.82) is 0 Å². The largest absolute Gasteiger partial charge is 0.487 e. The molecule has 0 aliphatic carbocycles. The molecule has 6 heteroatoms. The molecular formula is C15H14N2O4. The molecule has 0 fully saturated rings. The van der Waals surface area contributed by atoms with Crippen LogP contribution in [0.2, 0.25) is 0 Å². The molecular weight excluding hydrogens is 272 g/mol. The van der Waals surface area contributed by atoms with E-state index in [1.54, 1.807) is 38.1 Å². The van der Waals surface area contributed by atoms with E-state index in [-0.39, 0.29) is 12.3 Å². The Morgan fingerprint density at radius 2 is 2.05 bits per heavy atom. The van der Waals surface area contributed by atoms with E-state index in [1.807, 2.05) is 0 Å². The van der Waals surface area contributed by atoms with E-state index in [1.165, 1.54) is 6.20 Å². The number of benzene rings is 1. The van der Waals surface area contributed by atoms with Crippen molar-refractivity contribution in [3.63, 3.8) is 0 Å². The van der Waals surface area contributed by atoms with Crippen LogP contribution in [0.1, 0.15) is 27.2 Å². The summed E-state index contributed by atoms with van der Waals surface area (Å²) in [6.45, 7) is 3.35. The Morgan fingerprint density at radius 3 is 2.71 bits per heavy atom. The van der Waals surface area contributed by atoms with Gasteiger partial charge in [-0.15, -0.1) is 0 Å². The standard InChI is InChI=1S/C15H14N2O4/c1-10-7-16-13(11(2)15(10)17(19)20)9-21-14-6-4-3-5-12(14)8-18/h3-8H,9H2,1-2H3. The Balaban J connectivity index is 2.27. The lowest BCUT2D eigenvalue weighted by molar-refractivity contribution is -0.386. The van der Waals surface area contributed by atoms with Gasteiger partial charge in [0.1, 0.15) is 12.4 Å². The van der Waals surface area contributed by atoms with Gasteiger partial charge in [0, 0.05) is 11.8 Å². The van der Waals surface area contributed by atoms with Crippen LogP contribution in [0.25, 0.3) is 0 Å². The molecule has 2 rings (SSSR count). The van der Waals surface area contributed by atoms with Crippen molar-refractivity contribution in [3.05, 3.63) is 63.0 Å². The second-order valence-electron chi connectivity index (χ2n) is 4.56. The molecule has 0 radical (unpaired) electrons. The molecule has 1 aromatic heterocycles. The van der Waals surface area contributed by atoms with Crippen LogP contribution in [-0.2, 0) is 6.61 Å². The van der Waals surface area contributed by atoms with E-state index in [0.717, 1.165) is 0 Å². The van der Waals surface area contributed by atoms with Gasteiger partial charge >= 0.3 is 0 Å². The van der Waals surface area contributed by atoms with Crippen molar-refractivity contribution in [2.45, 2.75) is 20.5 Å². The normalized spacial score (nSPS) is 10.2. The number of aldehydes is 1. The number of para-hydroxylation sites is 1. The fourth-order valence-electron chi connectivity index (χ4n) is 2.05. The minimum atomic E-state index is -0.421. The van der Waals surface area contributed by atoms with Crippen LogP contribution in [0.3, 0.4) is 0 Å². The number of aromatic nitrogens is 1. The highest BCUT2D eigenvalue weighted by Gasteiger charge is 2.19. The van der Waals surface area contributed by atoms with Crippen molar-refractivity contribution in [2.75, 3.05) is 0 Å². The zero-order valence-corrected chi connectivity index (χ0v) is 11.7. The molecule has 6 nitrogen and oxygen atoms in total. The van der Waals surface area contributed by atoms with Gasteiger partial charge in [-0.1, -0.05) is 12.1 Å². The Morgan fingerprint density at radius 1 is 1.33 bits per heavy atom. The van der Waals surface area contributed by atoms with Crippen molar-refractivity contribution < 1.29 is 14.5 Å². The lowest BCUT2D eigenvalue weighted by Crippen LogP contribution is -2.06. The molecule has 0 aliphatic heterocycles. The highest BCUT2D eigenvalue weighted by Crippen LogP contribution is 2.25. The van der Waals surface area contributed by atoms with E-state index in [4.69, 9.17) is 4.74 Å². The van der Waals surface area contributed by atoms with E-state index >= 15 is 0 Å². The average Bonchev–Trinajstić information content (AvgIpc) is 2.46. The average molecular weight is 286 g/mol. The van der Waals surface area contributed by atoms with Crippen LogP contribution < -0.4 is 4.74 Å². The molecule has 0 aliphatic rings. The van der Waals surface area contributed by atoms with Crippen LogP contribution in [0, 0.1) is 24.0 Å². The molecule has 0 unspecified atom stereocenters. The number of aryl methyl sites for hydroxylation is 1. The van der Waals surface area contributed by atoms with Gasteiger partial charge in [0.25, 0.3) is 5.69 Å². The Labute approximate surface area is 121 Å². The lowest BCUT2D eigenvalue weighted by atomic mass is 10.1. The van der Waals surface area contributed by atoms with Gasteiger partial charge in [-0.3, -0.25) is 19.9 Å². The predicted octanol–water partition coefficient (Wildman–Crippen LogP) is 3.00. The Kier molecular flexibility index (Phi) is 4.27. The lowest BCUT2D eigenvalue weighted by Gasteiger charge is -2.10. The van der Waals surface area contributed by atoms with E-state index in [0.29, 0.717) is 34.4 Å². The van der Waals surface area contributed by atoms with E-state index in [9.17, 15) is 14.9 Å². The number of hydrogen-bond acceptors (Lipinski definition) is 5. The fourth-order valence-corrected chi connectivity index (χ4v) is 2.05. The highest BCUT2D eigenvalue weighted by atomic mass is 16.6. The molecule has 2 aromatic rings. The summed E-state index contributed by atoms with van der Waals surface area (Å²) in [6.07, 6.45) is 2.16. The number of rotatable bonds is 5. The number of ether oxygens (including phenoxy) is 1. The van der Waals surface area contributed by atoms with Gasteiger partial charge in [0.2, 0.25) is 0 Å². The molecule has 0 amide bonds. The van der Waals surface area contributed by atoms with Crippen LogP contribution in [0.4, 0.5) is 5.69 Å². The molecule has 21 heavy (non-hydrogen) atoms. The van der Waals surface area contributed by atoms with Crippen LogP contribution in [-0.4, -0.2) is 16.2 Å². The van der Waals surface area contributed by atoms with Gasteiger partial charge in [0.15, 0.2) is 6.29 Å². The molecule has 108 valence electrons. The maximum Gasteiger partial charge on any atom is 0.278 e. The van der Waals surface area contributed by atoms with Crippen LogP contribution >= 0.6 is 0 Å². The summed E-state index contributed by atoms with van der Waals surface area (Å²) in [5, 5.41) is 11.1. The fraction of sp³-hybridized carbons (Fsp3) is 0.200. The third-order valence-corrected chi connectivity index (χ3v) is 3.17. The number of carbonyl (C=O) groups is 1. The summed E-state index contributed by atoms with van der Waals surface area (Å²) in [5.74, 6) is 0.428. The highest BCUT2D eigenvalue weighted by molar-refractivity contribution is 5.79. The first-order valence-electron chi connectivity index (χ1n) is 6.31. The minimum Gasteiger partial charge on any atom is -0.487 e. The Bertz CT molecular complexity index is 698. The molecule has 0 saturated heterocycles. The number of pyridine rings is 1. The number of nitrogens with zero attached hydrogens (tertiary/aromatic N) is 2. The SMILES string of the molecule is Cc1cnc(COc2ccccc2C=O)c(C)c1[N+](=O)[O-]. The summed E-state index contributed by atoms with van der Waals surface area (Å²) >= 11 is 0. The van der Waals surface area contributed by atoms with Gasteiger partial charge < -0.3 is 4.74 Å². The molecule has 1 heterocycles. The van der Waals surface area contributed by atoms with E-state index in [2.05, 4.69) is 4.98 Å². The van der Waals surface area contributed by atoms with Crippen LogP contribution in [0.15, 0.2) is 30.5 Å². The molecule has 0 spiro atoms. The third kappa shape index (κ3) is 3.05. The molecule has 1 aromatic carbocycles. The quantitative estimate of drug-likeness (QED) is 0.479. The first kappa shape index (κ1) is 14.6. The minimum absolute atomic E-state index is 0.0484. The van der Waals surface area contributed by atoms with Gasteiger partial charge in [-0.25, -0.2) is 0 Å². The Hall–Kier alpha value is -2.76. The van der Waals surface area contributed by atoms with Crippen molar-refractivity contribution in [2.24, 2.45) is 0 Å². The smallest absolute Gasteiger partial charge is 0.278 e. The van der Waals surface area contributed by atoms with Crippen molar-refractivity contribution >= 4 is 12.0 Å². The van der Waals surface area contributed by atoms with Crippen LogP contribution in [0.5, 0.6) is 5.75 Å². The van der Waals surface area contributed by atoms with Crippen molar-refractivity contribution in [3.8, 4) is 5.75 Å². The summed E-state index contributed by atoms with van der Waals surface area (Å²) in [6, 6.07) is 6.79. The number of nitro groups is 1. The molecule has 0 saturated carbocycles. The molecule has 0 N–H and O–H groups in total. The predicted molar refractivity (Wildman–Crippen MR) is 76.5 cm³/mol. The maximum atomic E-state index is 11.1. The number of carbonyl (C=O) groups excluding carboxylic acids is 1. The van der Waals surface area contributed by atoms with Crippen molar-refractivity contribution in [1.82, 2.24) is 4.98 Å². The second-order valence-corrected chi connectivity index (χ2v) is 4.56. The zero-order chi connectivity index (χ0) is 15.4. The topological polar surface area (TPSA) is 82.3 Å². The number of hydrogen-bond donors (Lipinski definition) is 0. The zero-order valence-electron chi connectivity index (χ0n) is 11.7. The third-order valence-electron chi connectivity index (χ3n) is 3.17. The molecule has 0 atom stereocenters. The molecule has 0 bridgehead atoms.